The van der Waals surface area contributed by atoms with Crippen LogP contribution in [-0.2, 0) is 20.8 Å². The van der Waals surface area contributed by atoms with Gasteiger partial charge in [-0.3, -0.25) is 14.3 Å². The van der Waals surface area contributed by atoms with E-state index < -0.39 is 5.69 Å². The zero-order chi connectivity index (χ0) is 15.5. The predicted octanol–water partition coefficient (Wildman–Crippen LogP) is 0.290. The largest absolute Gasteiger partial charge is 0.378 e. The number of H-pyrrole nitrogens is 1. The molecular formula is C13H21BrN2O5. The van der Waals surface area contributed by atoms with Gasteiger partial charge in [-0.1, -0.05) is 15.9 Å². The van der Waals surface area contributed by atoms with Crippen molar-refractivity contribution in [2.75, 3.05) is 45.0 Å². The number of ether oxygens (including phenoxy) is 3. The molecular weight excluding hydrogens is 344 g/mol. The molecule has 0 amide bonds. The molecule has 1 aromatic heterocycles. The minimum absolute atomic E-state index is 0.354. The number of hydrogen-bond acceptors (Lipinski definition) is 5. The Hall–Kier alpha value is -0.960. The second-order valence-corrected chi connectivity index (χ2v) is 5.08. The Kier molecular flexibility index (Phi) is 9.24. The molecule has 0 aliphatic carbocycles. The monoisotopic (exact) mass is 364 g/mol. The lowest BCUT2D eigenvalue weighted by Crippen LogP contribution is -2.31. The molecule has 0 aliphatic heterocycles. The highest BCUT2D eigenvalue weighted by Crippen LogP contribution is 1.87. The van der Waals surface area contributed by atoms with Gasteiger partial charge in [-0.25, -0.2) is 4.79 Å². The van der Waals surface area contributed by atoms with E-state index in [1.165, 1.54) is 10.8 Å². The molecule has 0 unspecified atom stereocenters. The van der Waals surface area contributed by atoms with Gasteiger partial charge in [0, 0.05) is 17.1 Å². The number of hydrogen-bond donors (Lipinski definition) is 1. The minimum atomic E-state index is -0.422. The summed E-state index contributed by atoms with van der Waals surface area (Å²) in [6.07, 6.45) is 1.53. The lowest BCUT2D eigenvalue weighted by molar-refractivity contribution is 0.0158. The molecule has 120 valence electrons. The first kappa shape index (κ1) is 18.1. The number of alkyl halides is 1. The number of halogens is 1. The minimum Gasteiger partial charge on any atom is -0.378 e. The molecule has 0 bridgehead atoms. The summed E-state index contributed by atoms with van der Waals surface area (Å²) >= 11 is 3.26. The van der Waals surface area contributed by atoms with Crippen LogP contribution in [-0.4, -0.2) is 54.5 Å². The van der Waals surface area contributed by atoms with E-state index in [2.05, 4.69) is 20.9 Å². The van der Waals surface area contributed by atoms with E-state index in [-0.39, 0.29) is 5.56 Å². The van der Waals surface area contributed by atoms with E-state index in [1.807, 2.05) is 0 Å². The molecule has 1 aromatic rings. The van der Waals surface area contributed by atoms with Gasteiger partial charge in [-0.15, -0.1) is 0 Å². The number of aromatic nitrogens is 2. The van der Waals surface area contributed by atoms with Crippen molar-refractivity contribution in [3.8, 4) is 0 Å². The summed E-state index contributed by atoms with van der Waals surface area (Å²) < 4.78 is 17.3. The van der Waals surface area contributed by atoms with E-state index in [0.29, 0.717) is 51.7 Å². The first-order valence-electron chi connectivity index (χ1n) is 6.74. The molecule has 8 heteroatoms. The zero-order valence-electron chi connectivity index (χ0n) is 12.1. The van der Waals surface area contributed by atoms with Gasteiger partial charge < -0.3 is 14.2 Å². The number of aromatic amines is 1. The average Bonchev–Trinajstić information content (AvgIpc) is 2.46. The Morgan fingerprint density at radius 3 is 2.24 bits per heavy atom. The van der Waals surface area contributed by atoms with Crippen molar-refractivity contribution in [1.29, 1.82) is 0 Å². The normalized spacial score (nSPS) is 11.0. The summed E-state index contributed by atoms with van der Waals surface area (Å²) in [6.45, 7) is 5.15. The summed E-state index contributed by atoms with van der Waals surface area (Å²) in [6, 6.07) is 0. The first-order valence-corrected chi connectivity index (χ1v) is 7.87. The second-order valence-electron chi connectivity index (χ2n) is 4.29. The first-order chi connectivity index (χ1) is 10.1. The van der Waals surface area contributed by atoms with E-state index in [1.54, 1.807) is 6.92 Å². The van der Waals surface area contributed by atoms with Crippen LogP contribution in [0.25, 0.3) is 0 Å². The maximum Gasteiger partial charge on any atom is 0.328 e. The Bertz CT molecular complexity index is 514. The summed E-state index contributed by atoms with van der Waals surface area (Å²) in [5.74, 6) is 0. The van der Waals surface area contributed by atoms with Crippen molar-refractivity contribution in [3.05, 3.63) is 32.6 Å². The molecule has 1 N–H and O–H groups in total. The molecule has 0 aromatic carbocycles. The molecule has 1 rings (SSSR count). The molecule has 0 fully saturated rings. The summed E-state index contributed by atoms with van der Waals surface area (Å²) in [5, 5.41) is 0.819. The van der Waals surface area contributed by atoms with Gasteiger partial charge in [-0.05, 0) is 6.92 Å². The van der Waals surface area contributed by atoms with Crippen molar-refractivity contribution < 1.29 is 14.2 Å². The third-order valence-electron chi connectivity index (χ3n) is 2.63. The van der Waals surface area contributed by atoms with Crippen LogP contribution in [0.1, 0.15) is 5.56 Å². The highest BCUT2D eigenvalue weighted by Gasteiger charge is 2.00. The van der Waals surface area contributed by atoms with Crippen LogP contribution in [0.15, 0.2) is 15.8 Å². The van der Waals surface area contributed by atoms with Crippen LogP contribution in [0.3, 0.4) is 0 Å². The Morgan fingerprint density at radius 2 is 1.62 bits per heavy atom. The highest BCUT2D eigenvalue weighted by atomic mass is 79.9. The van der Waals surface area contributed by atoms with Gasteiger partial charge in [0.15, 0.2) is 0 Å². The van der Waals surface area contributed by atoms with Gasteiger partial charge in [0.25, 0.3) is 5.56 Å². The number of nitrogens with zero attached hydrogens (tertiary/aromatic N) is 1. The average molecular weight is 365 g/mol. The van der Waals surface area contributed by atoms with Crippen molar-refractivity contribution >= 4 is 15.9 Å². The summed E-state index contributed by atoms with van der Waals surface area (Å²) in [7, 11) is 0. The fourth-order valence-electron chi connectivity index (χ4n) is 1.54. The molecule has 0 spiro atoms. The van der Waals surface area contributed by atoms with Crippen LogP contribution in [0.5, 0.6) is 0 Å². The maximum absolute atomic E-state index is 11.5. The van der Waals surface area contributed by atoms with E-state index in [4.69, 9.17) is 14.2 Å². The van der Waals surface area contributed by atoms with Crippen LogP contribution >= 0.6 is 15.9 Å². The van der Waals surface area contributed by atoms with E-state index in [0.717, 1.165) is 5.33 Å². The van der Waals surface area contributed by atoms with Crippen molar-refractivity contribution in [2.45, 2.75) is 13.5 Å². The standard InChI is InChI=1S/C13H21BrN2O5/c1-11-10-16(13(18)15-12(11)17)3-5-20-7-9-21-8-6-19-4-2-14/h10H,2-9H2,1H3,(H,15,17,18). The van der Waals surface area contributed by atoms with E-state index >= 15 is 0 Å². The summed E-state index contributed by atoms with van der Waals surface area (Å²) in [5.41, 5.74) is -0.275. The molecule has 7 nitrogen and oxygen atoms in total. The highest BCUT2D eigenvalue weighted by molar-refractivity contribution is 9.09. The zero-order valence-corrected chi connectivity index (χ0v) is 13.7. The van der Waals surface area contributed by atoms with Gasteiger partial charge in [0.1, 0.15) is 0 Å². The lowest BCUT2D eigenvalue weighted by atomic mass is 10.4. The van der Waals surface area contributed by atoms with Crippen LogP contribution in [0.2, 0.25) is 0 Å². The molecule has 0 aliphatic rings. The Balaban J connectivity index is 2.08. The fraction of sp³-hybridized carbons (Fsp3) is 0.692. The number of aryl methyl sites for hydroxylation is 1. The van der Waals surface area contributed by atoms with Gasteiger partial charge in [0.2, 0.25) is 0 Å². The van der Waals surface area contributed by atoms with E-state index in [9.17, 15) is 9.59 Å². The number of nitrogens with one attached hydrogen (secondary N) is 1. The lowest BCUT2D eigenvalue weighted by Gasteiger charge is -2.08. The van der Waals surface area contributed by atoms with Crippen molar-refractivity contribution in [1.82, 2.24) is 9.55 Å². The Labute approximate surface area is 131 Å². The molecule has 0 atom stereocenters. The maximum atomic E-state index is 11.5. The van der Waals surface area contributed by atoms with Crippen LogP contribution < -0.4 is 11.2 Å². The SMILES string of the molecule is Cc1cn(CCOCCOCCOCCBr)c(=O)[nH]c1=O. The third-order valence-corrected chi connectivity index (χ3v) is 2.95. The van der Waals surface area contributed by atoms with Gasteiger partial charge >= 0.3 is 5.69 Å². The predicted molar refractivity (Wildman–Crippen MR) is 82.3 cm³/mol. The van der Waals surface area contributed by atoms with Gasteiger partial charge in [0.05, 0.1) is 46.2 Å². The van der Waals surface area contributed by atoms with Crippen molar-refractivity contribution in [2.24, 2.45) is 0 Å². The topological polar surface area (TPSA) is 82.6 Å². The molecule has 1 heterocycles. The molecule has 0 saturated carbocycles. The quantitative estimate of drug-likeness (QED) is 0.450. The Morgan fingerprint density at radius 1 is 1.05 bits per heavy atom. The van der Waals surface area contributed by atoms with Crippen LogP contribution in [0, 0.1) is 6.92 Å². The molecule has 0 radical (unpaired) electrons. The van der Waals surface area contributed by atoms with Gasteiger partial charge in [-0.2, -0.15) is 0 Å². The molecule has 21 heavy (non-hydrogen) atoms. The molecule has 0 saturated heterocycles. The summed E-state index contributed by atoms with van der Waals surface area (Å²) in [4.78, 5) is 24.9. The number of rotatable bonds is 11. The van der Waals surface area contributed by atoms with Crippen molar-refractivity contribution in [3.63, 3.8) is 0 Å². The third kappa shape index (κ3) is 7.56. The fourth-order valence-corrected chi connectivity index (χ4v) is 1.77. The smallest absolute Gasteiger partial charge is 0.328 e. The second kappa shape index (κ2) is 10.7. The van der Waals surface area contributed by atoms with Crippen LogP contribution in [0.4, 0.5) is 0 Å².